The summed E-state index contributed by atoms with van der Waals surface area (Å²) in [7, 11) is -10.5. The Labute approximate surface area is 247 Å². The maximum absolute atomic E-state index is 13.3. The van der Waals surface area contributed by atoms with Crippen molar-refractivity contribution in [2.24, 2.45) is 0 Å². The Bertz CT molecular complexity index is 1340. The molecule has 4 nitrogen and oxygen atoms in total. The zero-order valence-electron chi connectivity index (χ0n) is 26.5. The van der Waals surface area contributed by atoms with Crippen LogP contribution in [0.5, 0.6) is 11.5 Å². The number of rotatable bonds is 10. The lowest BCUT2D eigenvalue weighted by molar-refractivity contribution is -0.0499. The summed E-state index contributed by atoms with van der Waals surface area (Å²) in [6, 6.07) is 7.97. The maximum atomic E-state index is 13.3. The summed E-state index contributed by atoms with van der Waals surface area (Å²) in [5, 5.41) is 0.733. The van der Waals surface area contributed by atoms with Crippen LogP contribution in [0.25, 0.3) is 10.8 Å². The van der Waals surface area contributed by atoms with E-state index >= 15 is 0 Å². The number of halogens is 3. The van der Waals surface area contributed by atoms with E-state index in [4.69, 9.17) is 8.61 Å². The van der Waals surface area contributed by atoms with Gasteiger partial charge in [-0.05, 0) is 56.8 Å². The van der Waals surface area contributed by atoms with Crippen LogP contribution >= 0.6 is 0 Å². The first kappa shape index (κ1) is 35.2. The maximum Gasteiger partial charge on any atom is 0.534 e. The van der Waals surface area contributed by atoms with E-state index in [1.807, 2.05) is 0 Å². The molecular formula is C31H47F3O4SSi2. The molecule has 0 spiro atoms. The third-order valence-corrected chi connectivity index (χ3v) is 21.9. The Morgan fingerprint density at radius 3 is 1.66 bits per heavy atom. The van der Waals surface area contributed by atoms with Gasteiger partial charge < -0.3 is 8.61 Å². The lowest BCUT2D eigenvalue weighted by Gasteiger charge is -2.42. The van der Waals surface area contributed by atoms with Crippen LogP contribution in [0.4, 0.5) is 13.2 Å². The van der Waals surface area contributed by atoms with E-state index in [-0.39, 0.29) is 5.39 Å². The highest BCUT2D eigenvalue weighted by molar-refractivity contribution is 7.88. The van der Waals surface area contributed by atoms with Gasteiger partial charge in [0.2, 0.25) is 0 Å². The number of hydrogen-bond acceptors (Lipinski definition) is 4. The highest BCUT2D eigenvalue weighted by Gasteiger charge is 2.49. The SMILES string of the molecule is CC(C)[Si](C#Cc1cc(O[Si](C(C)C)(C(C)C)C(C)C)cc2cccc(OS(=O)(=O)C(F)(F)F)c12)(C(C)C)C(C)C. The van der Waals surface area contributed by atoms with Crippen LogP contribution in [0.1, 0.15) is 88.6 Å². The minimum atomic E-state index is -5.88. The first-order valence-corrected chi connectivity index (χ1v) is 20.2. The van der Waals surface area contributed by atoms with Gasteiger partial charge in [0.05, 0.1) is 0 Å². The fraction of sp³-hybridized carbons (Fsp3) is 0.613. The molecule has 0 unspecified atom stereocenters. The summed E-state index contributed by atoms with van der Waals surface area (Å²) in [5.74, 6) is 3.53. The predicted molar refractivity (Wildman–Crippen MR) is 169 cm³/mol. The van der Waals surface area contributed by atoms with E-state index in [1.165, 1.54) is 12.1 Å². The number of alkyl halides is 3. The van der Waals surface area contributed by atoms with Crippen molar-refractivity contribution >= 4 is 37.3 Å². The van der Waals surface area contributed by atoms with E-state index in [9.17, 15) is 21.6 Å². The second kappa shape index (κ2) is 12.7. The van der Waals surface area contributed by atoms with Gasteiger partial charge >= 0.3 is 15.6 Å². The molecule has 10 heteroatoms. The standard InChI is InChI=1S/C31H47F3O4SSi2/c1-20(2)40(21(3)4,22(5)6)17-16-27-19-28(38-41(23(7)8,24(9)10)25(11)12)18-26-14-13-15-29(30(26)27)37-39(35,36)31(32,33)34/h13-15,18-25H,1-12H3. The summed E-state index contributed by atoms with van der Waals surface area (Å²) in [4.78, 5) is 0. The van der Waals surface area contributed by atoms with Gasteiger partial charge in [0.15, 0.2) is 5.75 Å². The molecule has 0 saturated heterocycles. The summed E-state index contributed by atoms with van der Waals surface area (Å²) < 4.78 is 75.7. The van der Waals surface area contributed by atoms with Gasteiger partial charge in [0, 0.05) is 10.9 Å². The Hall–Kier alpha value is -1.97. The molecular weight excluding hydrogens is 582 g/mol. The Balaban J connectivity index is 3.00. The molecule has 2 rings (SSSR count). The number of hydrogen-bond donors (Lipinski definition) is 0. The monoisotopic (exact) mass is 628 g/mol. The number of fused-ring (bicyclic) bond motifs is 1. The second-order valence-corrected chi connectivity index (χ2v) is 25.4. The molecule has 0 fully saturated rings. The van der Waals surface area contributed by atoms with Crippen LogP contribution in [0, 0.1) is 11.5 Å². The van der Waals surface area contributed by atoms with Gasteiger partial charge in [-0.3, -0.25) is 0 Å². The zero-order chi connectivity index (χ0) is 31.7. The average molecular weight is 629 g/mol. The molecule has 0 heterocycles. The third kappa shape index (κ3) is 6.83. The molecule has 0 aliphatic heterocycles. The smallest absolute Gasteiger partial charge is 0.534 e. The summed E-state index contributed by atoms with van der Waals surface area (Å²) >= 11 is 0. The average Bonchev–Trinajstić information content (AvgIpc) is 2.80. The van der Waals surface area contributed by atoms with Crippen LogP contribution in [-0.2, 0) is 10.1 Å². The lowest BCUT2D eigenvalue weighted by Crippen LogP contribution is -2.50. The molecule has 0 aliphatic rings. The van der Waals surface area contributed by atoms with E-state index in [1.54, 1.807) is 18.2 Å². The minimum absolute atomic E-state index is 0.227. The highest BCUT2D eigenvalue weighted by Crippen LogP contribution is 2.45. The van der Waals surface area contributed by atoms with Crippen LogP contribution in [0.15, 0.2) is 30.3 Å². The van der Waals surface area contributed by atoms with Gasteiger partial charge in [-0.25, -0.2) is 0 Å². The topological polar surface area (TPSA) is 52.6 Å². The quantitative estimate of drug-likeness (QED) is 0.114. The van der Waals surface area contributed by atoms with Crippen molar-refractivity contribution in [1.82, 2.24) is 0 Å². The van der Waals surface area contributed by atoms with E-state index < -0.39 is 37.8 Å². The zero-order valence-corrected chi connectivity index (χ0v) is 29.3. The molecule has 0 aliphatic carbocycles. The summed E-state index contributed by atoms with van der Waals surface area (Å²) in [6.45, 7) is 26.1. The first-order chi connectivity index (χ1) is 18.6. The summed E-state index contributed by atoms with van der Waals surface area (Å²) in [5.41, 5.74) is 0.336. The molecule has 41 heavy (non-hydrogen) atoms. The van der Waals surface area contributed by atoms with Gasteiger partial charge in [-0.1, -0.05) is 101 Å². The Kier molecular flexibility index (Phi) is 10.9. The van der Waals surface area contributed by atoms with Gasteiger partial charge in [0.25, 0.3) is 8.32 Å². The van der Waals surface area contributed by atoms with Gasteiger partial charge in [-0.2, -0.15) is 21.6 Å². The molecule has 0 radical (unpaired) electrons. The molecule has 0 bridgehead atoms. The largest absolute Gasteiger partial charge is 0.543 e. The fourth-order valence-electron chi connectivity index (χ4n) is 6.92. The van der Waals surface area contributed by atoms with Crippen molar-refractivity contribution in [3.8, 4) is 23.0 Å². The lowest BCUT2D eigenvalue weighted by atomic mass is 10.0. The van der Waals surface area contributed by atoms with Crippen molar-refractivity contribution in [3.63, 3.8) is 0 Å². The minimum Gasteiger partial charge on any atom is -0.543 e. The van der Waals surface area contributed by atoms with Crippen molar-refractivity contribution in [2.45, 2.75) is 122 Å². The van der Waals surface area contributed by atoms with Crippen LogP contribution in [0.2, 0.25) is 33.2 Å². The van der Waals surface area contributed by atoms with Crippen molar-refractivity contribution in [2.75, 3.05) is 0 Å². The molecule has 0 aromatic heterocycles. The van der Waals surface area contributed by atoms with Crippen molar-refractivity contribution in [3.05, 3.63) is 35.9 Å². The first-order valence-electron chi connectivity index (χ1n) is 14.4. The Morgan fingerprint density at radius 2 is 1.24 bits per heavy atom. The molecule has 0 N–H and O–H groups in total. The van der Waals surface area contributed by atoms with Crippen LogP contribution < -0.4 is 8.61 Å². The van der Waals surface area contributed by atoms with E-state index in [0.717, 1.165) is 0 Å². The van der Waals surface area contributed by atoms with Crippen molar-refractivity contribution in [1.29, 1.82) is 0 Å². The molecule has 2 aromatic rings. The van der Waals surface area contributed by atoms with E-state index in [2.05, 4.69) is 94.5 Å². The molecule has 0 amide bonds. The van der Waals surface area contributed by atoms with Gasteiger partial charge in [-0.15, -0.1) is 5.54 Å². The Morgan fingerprint density at radius 1 is 0.756 bits per heavy atom. The fourth-order valence-corrected chi connectivity index (χ4v) is 17.8. The van der Waals surface area contributed by atoms with E-state index in [0.29, 0.717) is 49.9 Å². The highest BCUT2D eigenvalue weighted by atomic mass is 32.2. The predicted octanol–water partition coefficient (Wildman–Crippen LogP) is 10.2. The van der Waals surface area contributed by atoms with Gasteiger partial charge in [0.1, 0.15) is 13.8 Å². The molecule has 0 atom stereocenters. The van der Waals surface area contributed by atoms with Crippen molar-refractivity contribution < 1.29 is 30.2 Å². The third-order valence-electron chi connectivity index (χ3n) is 8.68. The molecule has 230 valence electrons. The van der Waals surface area contributed by atoms with Crippen LogP contribution in [-0.4, -0.2) is 30.3 Å². The van der Waals surface area contributed by atoms with Crippen LogP contribution in [0.3, 0.4) is 0 Å². The normalized spacial score (nSPS) is 13.6. The summed E-state index contributed by atoms with van der Waals surface area (Å²) in [6.07, 6.45) is 0. The molecule has 0 saturated carbocycles. The second-order valence-electron chi connectivity index (χ2n) is 12.9. The number of benzene rings is 2. The molecule has 2 aromatic carbocycles.